The van der Waals surface area contributed by atoms with E-state index in [0.29, 0.717) is 19.3 Å². The summed E-state index contributed by atoms with van der Waals surface area (Å²) in [5, 5.41) is 11.6. The van der Waals surface area contributed by atoms with Crippen LogP contribution in [0.4, 0.5) is 8.78 Å². The largest absolute Gasteiger partial charge is 0.481 e. The van der Waals surface area contributed by atoms with Gasteiger partial charge in [0.25, 0.3) is 5.91 Å². The van der Waals surface area contributed by atoms with Crippen molar-refractivity contribution in [3.8, 4) is 5.75 Å². The molecule has 21 heavy (non-hydrogen) atoms. The summed E-state index contributed by atoms with van der Waals surface area (Å²) < 4.78 is 28.9. The molecule has 2 atom stereocenters. The van der Waals surface area contributed by atoms with Crippen LogP contribution in [0, 0.1) is 5.92 Å². The molecule has 0 aliphatic heterocycles. The monoisotopic (exact) mass is 299 g/mol. The molecule has 1 aliphatic rings. The number of carbonyl (C=O) groups is 2. The first-order valence-corrected chi connectivity index (χ1v) is 6.55. The van der Waals surface area contributed by atoms with E-state index in [9.17, 15) is 18.4 Å². The Morgan fingerprint density at radius 2 is 2.00 bits per heavy atom. The Bertz CT molecular complexity index is 535. The predicted molar refractivity (Wildman–Crippen MR) is 69.3 cm³/mol. The zero-order valence-electron chi connectivity index (χ0n) is 11.1. The van der Waals surface area contributed by atoms with Gasteiger partial charge in [-0.05, 0) is 31.4 Å². The highest BCUT2D eigenvalue weighted by molar-refractivity contribution is 5.97. The molecule has 1 aromatic carbocycles. The van der Waals surface area contributed by atoms with E-state index in [4.69, 9.17) is 5.11 Å². The van der Waals surface area contributed by atoms with E-state index in [1.54, 1.807) is 6.07 Å². The molecule has 0 bridgehead atoms. The number of hydrogen-bond acceptors (Lipinski definition) is 3. The van der Waals surface area contributed by atoms with Gasteiger partial charge in [-0.3, -0.25) is 9.59 Å². The normalized spacial score (nSPS) is 21.3. The van der Waals surface area contributed by atoms with Crippen molar-refractivity contribution in [3.63, 3.8) is 0 Å². The molecule has 2 unspecified atom stereocenters. The average molecular weight is 299 g/mol. The SMILES string of the molecule is O=C(NC1CCC(C(=O)O)C1)c1ccccc1OC(F)F. The minimum Gasteiger partial charge on any atom is -0.481 e. The highest BCUT2D eigenvalue weighted by atomic mass is 19.3. The first-order valence-electron chi connectivity index (χ1n) is 6.55. The van der Waals surface area contributed by atoms with Crippen molar-refractivity contribution in [2.45, 2.75) is 31.9 Å². The Hall–Kier alpha value is -2.18. The number of alkyl halides is 2. The first kappa shape index (κ1) is 15.2. The van der Waals surface area contributed by atoms with Crippen LogP contribution in [0.2, 0.25) is 0 Å². The van der Waals surface area contributed by atoms with E-state index in [-0.39, 0.29) is 17.4 Å². The minimum absolute atomic E-state index is 0.0107. The fraction of sp³-hybridized carbons (Fsp3) is 0.429. The predicted octanol–water partition coefficient (Wildman–Crippen LogP) is 2.27. The fourth-order valence-corrected chi connectivity index (χ4v) is 2.45. The van der Waals surface area contributed by atoms with Gasteiger partial charge in [-0.1, -0.05) is 12.1 Å². The molecule has 0 saturated heterocycles. The molecule has 1 fully saturated rings. The van der Waals surface area contributed by atoms with Crippen LogP contribution in [0.25, 0.3) is 0 Å². The molecule has 0 aromatic heterocycles. The van der Waals surface area contributed by atoms with Gasteiger partial charge in [0.1, 0.15) is 5.75 Å². The third-order valence-electron chi connectivity index (χ3n) is 3.46. The molecule has 1 aliphatic carbocycles. The van der Waals surface area contributed by atoms with Crippen molar-refractivity contribution in [1.82, 2.24) is 5.32 Å². The molecule has 0 heterocycles. The number of ether oxygens (including phenoxy) is 1. The number of carbonyl (C=O) groups excluding carboxylic acids is 1. The van der Waals surface area contributed by atoms with E-state index in [0.717, 1.165) is 0 Å². The lowest BCUT2D eigenvalue weighted by atomic mass is 10.1. The van der Waals surface area contributed by atoms with Crippen molar-refractivity contribution >= 4 is 11.9 Å². The van der Waals surface area contributed by atoms with Crippen LogP contribution in [0.5, 0.6) is 5.75 Å². The second kappa shape index (κ2) is 6.51. The van der Waals surface area contributed by atoms with Gasteiger partial charge in [0, 0.05) is 6.04 Å². The van der Waals surface area contributed by atoms with Crippen LogP contribution >= 0.6 is 0 Å². The number of para-hydroxylation sites is 1. The number of nitrogens with one attached hydrogen (secondary N) is 1. The number of amides is 1. The number of halogens is 2. The van der Waals surface area contributed by atoms with Crippen molar-refractivity contribution in [2.75, 3.05) is 0 Å². The highest BCUT2D eigenvalue weighted by Gasteiger charge is 2.31. The molecule has 2 rings (SSSR count). The lowest BCUT2D eigenvalue weighted by Gasteiger charge is -2.14. The van der Waals surface area contributed by atoms with E-state index in [1.807, 2.05) is 0 Å². The molecule has 5 nitrogen and oxygen atoms in total. The number of carboxylic acids is 1. The number of hydrogen-bond donors (Lipinski definition) is 2. The molecule has 1 saturated carbocycles. The van der Waals surface area contributed by atoms with Crippen LogP contribution in [0.3, 0.4) is 0 Å². The average Bonchev–Trinajstić information content (AvgIpc) is 2.87. The summed E-state index contributed by atoms with van der Waals surface area (Å²) in [6, 6.07) is 5.44. The lowest BCUT2D eigenvalue weighted by Crippen LogP contribution is -2.33. The minimum atomic E-state index is -3.01. The number of rotatable bonds is 5. The number of benzene rings is 1. The smallest absolute Gasteiger partial charge is 0.387 e. The second-order valence-corrected chi connectivity index (χ2v) is 4.89. The quantitative estimate of drug-likeness (QED) is 0.874. The number of aliphatic carboxylic acids is 1. The van der Waals surface area contributed by atoms with E-state index in [2.05, 4.69) is 10.1 Å². The fourth-order valence-electron chi connectivity index (χ4n) is 2.45. The molecule has 114 valence electrons. The summed E-state index contributed by atoms with van der Waals surface area (Å²) in [7, 11) is 0. The van der Waals surface area contributed by atoms with Gasteiger partial charge >= 0.3 is 12.6 Å². The third-order valence-corrected chi connectivity index (χ3v) is 3.46. The zero-order chi connectivity index (χ0) is 15.4. The summed E-state index contributed by atoms with van der Waals surface area (Å²) in [6.45, 7) is -3.01. The maximum absolute atomic E-state index is 12.3. The van der Waals surface area contributed by atoms with Gasteiger partial charge in [0.05, 0.1) is 11.5 Å². The molecule has 0 radical (unpaired) electrons. The van der Waals surface area contributed by atoms with E-state index >= 15 is 0 Å². The van der Waals surface area contributed by atoms with Gasteiger partial charge < -0.3 is 15.2 Å². The zero-order valence-corrected chi connectivity index (χ0v) is 11.1. The Kier molecular flexibility index (Phi) is 4.72. The van der Waals surface area contributed by atoms with Gasteiger partial charge in [0.15, 0.2) is 0 Å². The summed E-state index contributed by atoms with van der Waals surface area (Å²) >= 11 is 0. The standard InChI is InChI=1S/C14H15F2NO4/c15-14(16)21-11-4-2-1-3-10(11)12(18)17-9-6-5-8(7-9)13(19)20/h1-4,8-9,14H,5-7H2,(H,17,18)(H,19,20). The summed E-state index contributed by atoms with van der Waals surface area (Å²) in [5.41, 5.74) is 0.0107. The Labute approximate surface area is 119 Å². The van der Waals surface area contributed by atoms with Gasteiger partial charge in [0.2, 0.25) is 0 Å². The summed E-state index contributed by atoms with van der Waals surface area (Å²) in [5.74, 6) is -2.09. The van der Waals surface area contributed by atoms with Crippen LogP contribution in [0.1, 0.15) is 29.6 Å². The highest BCUT2D eigenvalue weighted by Crippen LogP contribution is 2.27. The van der Waals surface area contributed by atoms with E-state index in [1.165, 1.54) is 18.2 Å². The van der Waals surface area contributed by atoms with Crippen molar-refractivity contribution in [3.05, 3.63) is 29.8 Å². The third kappa shape index (κ3) is 3.90. The van der Waals surface area contributed by atoms with Crippen LogP contribution in [0.15, 0.2) is 24.3 Å². The topological polar surface area (TPSA) is 75.6 Å². The first-order chi connectivity index (χ1) is 9.97. The van der Waals surface area contributed by atoms with Crippen LogP contribution < -0.4 is 10.1 Å². The maximum Gasteiger partial charge on any atom is 0.387 e. The Balaban J connectivity index is 2.02. The Morgan fingerprint density at radius 1 is 1.29 bits per heavy atom. The molecule has 0 spiro atoms. The van der Waals surface area contributed by atoms with Gasteiger partial charge in [-0.25, -0.2) is 0 Å². The second-order valence-electron chi connectivity index (χ2n) is 4.89. The Morgan fingerprint density at radius 3 is 2.62 bits per heavy atom. The molecule has 7 heteroatoms. The molecule has 1 amide bonds. The van der Waals surface area contributed by atoms with Crippen LogP contribution in [-0.2, 0) is 4.79 Å². The van der Waals surface area contributed by atoms with Crippen molar-refractivity contribution in [2.24, 2.45) is 5.92 Å². The summed E-state index contributed by atoms with van der Waals surface area (Å²) in [4.78, 5) is 23.0. The van der Waals surface area contributed by atoms with Crippen LogP contribution in [-0.4, -0.2) is 29.6 Å². The maximum atomic E-state index is 12.3. The summed E-state index contributed by atoms with van der Waals surface area (Å²) in [6.07, 6.45) is 1.40. The van der Waals surface area contributed by atoms with Gasteiger partial charge in [-0.2, -0.15) is 8.78 Å². The molecular formula is C14H15F2NO4. The van der Waals surface area contributed by atoms with E-state index < -0.39 is 24.4 Å². The van der Waals surface area contributed by atoms with Gasteiger partial charge in [-0.15, -0.1) is 0 Å². The molecule has 2 N–H and O–H groups in total. The van der Waals surface area contributed by atoms with Crippen molar-refractivity contribution < 1.29 is 28.2 Å². The molecule has 1 aromatic rings. The lowest BCUT2D eigenvalue weighted by molar-refractivity contribution is -0.141. The molecular weight excluding hydrogens is 284 g/mol. The van der Waals surface area contributed by atoms with Crippen molar-refractivity contribution in [1.29, 1.82) is 0 Å². The number of carboxylic acid groups (broad SMARTS) is 1.